The van der Waals surface area contributed by atoms with Crippen molar-refractivity contribution in [1.82, 2.24) is 9.47 Å². The van der Waals surface area contributed by atoms with Crippen LogP contribution in [0.3, 0.4) is 0 Å². The minimum Gasteiger partial charge on any atom is -0.505 e. The van der Waals surface area contributed by atoms with Gasteiger partial charge in [0.2, 0.25) is 0 Å². The average molecular weight is 517 g/mol. The molecule has 0 bridgehead atoms. The van der Waals surface area contributed by atoms with Crippen LogP contribution in [0.1, 0.15) is 21.6 Å². The summed E-state index contributed by atoms with van der Waals surface area (Å²) < 4.78 is 27.7. The van der Waals surface area contributed by atoms with Crippen LogP contribution in [-0.2, 0) is 17.7 Å². The molecule has 0 saturated carbocycles. The Kier molecular flexibility index (Phi) is 6.52. The minimum absolute atomic E-state index is 0.115. The van der Waals surface area contributed by atoms with Crippen molar-refractivity contribution in [3.63, 3.8) is 0 Å². The van der Waals surface area contributed by atoms with E-state index in [0.717, 1.165) is 5.56 Å². The van der Waals surface area contributed by atoms with Gasteiger partial charge in [0.05, 0.1) is 6.21 Å². The van der Waals surface area contributed by atoms with Crippen molar-refractivity contribution in [1.29, 1.82) is 0 Å². The van der Waals surface area contributed by atoms with Gasteiger partial charge < -0.3 is 19.1 Å². The standard InChI is InChI=1S/C28H26FN4O3P/c1-37(2,36)24-10-6-3-7-20(24)17-30-31-27-23-9-5-4-8-22(23)26(34)25-28(35)32(15-16-33(25)27)18-19-11-13-21(29)14-12-19/h3-14,17,34H,15-16,18H2,1-2H3/b30-17+,31-27+. The molecule has 1 aliphatic rings. The summed E-state index contributed by atoms with van der Waals surface area (Å²) in [5, 5.41) is 21.8. The fourth-order valence-corrected chi connectivity index (χ4v) is 5.80. The van der Waals surface area contributed by atoms with Crippen molar-refractivity contribution in [2.45, 2.75) is 13.1 Å². The van der Waals surface area contributed by atoms with E-state index in [1.165, 1.54) is 12.1 Å². The summed E-state index contributed by atoms with van der Waals surface area (Å²) in [6.07, 6.45) is 1.56. The first-order chi connectivity index (χ1) is 17.7. The number of halogens is 1. The van der Waals surface area contributed by atoms with Crippen molar-refractivity contribution in [2.75, 3.05) is 19.9 Å². The van der Waals surface area contributed by atoms with Gasteiger partial charge in [-0.2, -0.15) is 5.10 Å². The van der Waals surface area contributed by atoms with Gasteiger partial charge in [-0.15, -0.1) is 5.10 Å². The van der Waals surface area contributed by atoms with Crippen molar-refractivity contribution in [2.24, 2.45) is 10.2 Å². The lowest BCUT2D eigenvalue weighted by molar-refractivity contribution is 0.0682. The Morgan fingerprint density at radius 3 is 2.38 bits per heavy atom. The molecule has 0 atom stereocenters. The van der Waals surface area contributed by atoms with Crippen LogP contribution in [0.4, 0.5) is 4.39 Å². The summed E-state index contributed by atoms with van der Waals surface area (Å²) in [5.74, 6) is -0.799. The van der Waals surface area contributed by atoms with Crippen LogP contribution in [0.5, 0.6) is 5.75 Å². The molecule has 0 radical (unpaired) electrons. The van der Waals surface area contributed by atoms with Crippen LogP contribution in [-0.4, -0.2) is 46.6 Å². The monoisotopic (exact) mass is 516 g/mol. The van der Waals surface area contributed by atoms with Gasteiger partial charge in [0.25, 0.3) is 5.91 Å². The van der Waals surface area contributed by atoms with Crippen LogP contribution < -0.4 is 10.8 Å². The second-order valence-corrected chi connectivity index (χ2v) is 12.5. The number of pyridine rings is 1. The highest BCUT2D eigenvalue weighted by atomic mass is 31.2. The highest BCUT2D eigenvalue weighted by Gasteiger charge is 2.29. The molecule has 4 aromatic rings. The van der Waals surface area contributed by atoms with E-state index in [4.69, 9.17) is 0 Å². The number of fused-ring (bicyclic) bond motifs is 2. The molecule has 9 heteroatoms. The number of benzene rings is 3. The van der Waals surface area contributed by atoms with Crippen molar-refractivity contribution in [3.05, 3.63) is 101 Å². The van der Waals surface area contributed by atoms with E-state index in [0.29, 0.717) is 46.8 Å². The summed E-state index contributed by atoms with van der Waals surface area (Å²) in [6.45, 7) is 4.49. The topological polar surface area (TPSA) is 87.3 Å². The van der Waals surface area contributed by atoms with Crippen LogP contribution in [0.15, 0.2) is 83.0 Å². The van der Waals surface area contributed by atoms with Gasteiger partial charge in [0.1, 0.15) is 13.0 Å². The maximum absolute atomic E-state index is 13.5. The molecule has 37 heavy (non-hydrogen) atoms. The lowest BCUT2D eigenvalue weighted by atomic mass is 10.1. The quantitative estimate of drug-likeness (QED) is 0.244. The zero-order valence-electron chi connectivity index (χ0n) is 20.5. The Morgan fingerprint density at radius 2 is 1.65 bits per heavy atom. The zero-order chi connectivity index (χ0) is 26.2. The summed E-state index contributed by atoms with van der Waals surface area (Å²) in [4.78, 5) is 15.1. The second kappa shape index (κ2) is 9.79. The Bertz CT molecular complexity index is 1650. The first-order valence-electron chi connectivity index (χ1n) is 11.8. The highest BCUT2D eigenvalue weighted by molar-refractivity contribution is 7.70. The SMILES string of the molecule is CP(C)(=O)c1ccccc1/C=N/N=c1\c2ccccc2c(O)c2n1CCN(Cc1ccc(F)cc1)C2=O. The molecule has 1 amide bonds. The van der Waals surface area contributed by atoms with Gasteiger partial charge in [-0.3, -0.25) is 4.79 Å². The van der Waals surface area contributed by atoms with Crippen LogP contribution in [0.25, 0.3) is 10.8 Å². The number of amides is 1. The normalized spacial score (nSPS) is 14.5. The van der Waals surface area contributed by atoms with Crippen molar-refractivity contribution < 1.29 is 18.9 Å². The lowest BCUT2D eigenvalue weighted by Crippen LogP contribution is -2.44. The predicted molar refractivity (Wildman–Crippen MR) is 143 cm³/mol. The molecule has 1 N–H and O–H groups in total. The molecule has 0 fully saturated rings. The number of aromatic nitrogens is 1. The summed E-state index contributed by atoms with van der Waals surface area (Å²) in [6, 6.07) is 20.5. The first-order valence-corrected chi connectivity index (χ1v) is 14.4. The van der Waals surface area contributed by atoms with Crippen molar-refractivity contribution >= 4 is 35.3 Å². The minimum atomic E-state index is -2.52. The largest absolute Gasteiger partial charge is 0.505 e. The number of carbonyl (C=O) groups excluding carboxylic acids is 1. The number of hydrogen-bond donors (Lipinski definition) is 1. The number of carbonyl (C=O) groups is 1. The van der Waals surface area contributed by atoms with Gasteiger partial charge in [0.15, 0.2) is 16.9 Å². The maximum Gasteiger partial charge on any atom is 0.274 e. The molecule has 0 unspecified atom stereocenters. The molecule has 2 heterocycles. The lowest BCUT2D eigenvalue weighted by Gasteiger charge is -2.31. The Labute approximate surface area is 213 Å². The molecule has 0 saturated heterocycles. The van der Waals surface area contributed by atoms with Gasteiger partial charge >= 0.3 is 0 Å². The fourth-order valence-electron chi connectivity index (χ4n) is 4.60. The van der Waals surface area contributed by atoms with Gasteiger partial charge in [0, 0.05) is 41.3 Å². The predicted octanol–water partition coefficient (Wildman–Crippen LogP) is 4.32. The van der Waals surface area contributed by atoms with E-state index in [1.807, 2.05) is 36.4 Å². The third-order valence-corrected chi connectivity index (χ3v) is 7.98. The van der Waals surface area contributed by atoms with Crippen LogP contribution in [0.2, 0.25) is 0 Å². The zero-order valence-corrected chi connectivity index (χ0v) is 21.4. The fraction of sp³-hybridized carbons (Fsp3) is 0.179. The smallest absolute Gasteiger partial charge is 0.274 e. The van der Waals surface area contributed by atoms with E-state index < -0.39 is 7.14 Å². The summed E-state index contributed by atoms with van der Waals surface area (Å²) in [5.41, 5.74) is 2.08. The molecule has 1 aliphatic heterocycles. The number of rotatable bonds is 5. The Morgan fingerprint density at radius 1 is 0.973 bits per heavy atom. The molecule has 0 spiro atoms. The Hall–Kier alpha value is -4.03. The molecule has 3 aromatic carbocycles. The molecule has 1 aromatic heterocycles. The van der Waals surface area contributed by atoms with E-state index in [1.54, 1.807) is 53.3 Å². The first kappa shape index (κ1) is 24.7. The molecule has 5 rings (SSSR count). The third kappa shape index (κ3) is 4.85. The highest BCUT2D eigenvalue weighted by Crippen LogP contribution is 2.35. The molecular weight excluding hydrogens is 490 g/mol. The number of nitrogens with zero attached hydrogens (tertiary/aromatic N) is 4. The van der Waals surface area contributed by atoms with Crippen LogP contribution in [0, 0.1) is 5.82 Å². The van der Waals surface area contributed by atoms with E-state index >= 15 is 0 Å². The second-order valence-electron chi connectivity index (χ2n) is 9.33. The number of hydrogen-bond acceptors (Lipinski definition) is 5. The van der Waals surface area contributed by atoms with E-state index in [-0.39, 0.29) is 23.2 Å². The summed E-state index contributed by atoms with van der Waals surface area (Å²) >= 11 is 0. The van der Waals surface area contributed by atoms with E-state index in [9.17, 15) is 18.9 Å². The molecule has 0 aliphatic carbocycles. The van der Waals surface area contributed by atoms with Crippen LogP contribution >= 0.6 is 7.14 Å². The Balaban J connectivity index is 1.60. The van der Waals surface area contributed by atoms with Gasteiger partial charge in [-0.25, -0.2) is 4.39 Å². The summed E-state index contributed by atoms with van der Waals surface area (Å²) in [7, 11) is -2.52. The van der Waals surface area contributed by atoms with Gasteiger partial charge in [-0.1, -0.05) is 60.7 Å². The van der Waals surface area contributed by atoms with E-state index in [2.05, 4.69) is 10.2 Å². The van der Waals surface area contributed by atoms with Gasteiger partial charge in [-0.05, 0) is 31.0 Å². The molecular formula is C28H26FN4O3P. The number of aromatic hydroxyl groups is 1. The van der Waals surface area contributed by atoms with Crippen molar-refractivity contribution in [3.8, 4) is 5.75 Å². The third-order valence-electron chi connectivity index (χ3n) is 6.41. The molecule has 188 valence electrons. The average Bonchev–Trinajstić information content (AvgIpc) is 2.88. The molecule has 7 nitrogen and oxygen atoms in total. The maximum atomic E-state index is 13.5.